The molecule has 1 aliphatic heterocycles. The average Bonchev–Trinajstić information content (AvgIpc) is 2.29. The van der Waals surface area contributed by atoms with Gasteiger partial charge in [0.2, 0.25) is 5.91 Å². The van der Waals surface area contributed by atoms with Gasteiger partial charge in [-0.15, -0.1) is 0 Å². The molecular formula is C13H15NO2. The maximum atomic E-state index is 11.8. The molecule has 84 valence electrons. The fourth-order valence-electron chi connectivity index (χ4n) is 1.78. The van der Waals surface area contributed by atoms with Gasteiger partial charge in [-0.2, -0.15) is 0 Å². The van der Waals surface area contributed by atoms with Gasteiger partial charge in [-0.05, 0) is 11.6 Å². The van der Waals surface area contributed by atoms with Crippen LogP contribution in [0.2, 0.25) is 0 Å². The van der Waals surface area contributed by atoms with Gasteiger partial charge in [-0.1, -0.05) is 38.1 Å². The number of aliphatic hydroxyl groups is 1. The summed E-state index contributed by atoms with van der Waals surface area (Å²) in [5.41, 5.74) is 1.74. The van der Waals surface area contributed by atoms with Gasteiger partial charge in [-0.3, -0.25) is 9.69 Å². The SMILES string of the molecule is CC(C)C(=O)N1C=Cc2ccccc2C1O. The van der Waals surface area contributed by atoms with Gasteiger partial charge < -0.3 is 5.11 Å². The summed E-state index contributed by atoms with van der Waals surface area (Å²) in [7, 11) is 0. The van der Waals surface area contributed by atoms with Crippen LogP contribution in [0.3, 0.4) is 0 Å². The Morgan fingerprint density at radius 3 is 2.75 bits per heavy atom. The minimum Gasteiger partial charge on any atom is -0.369 e. The van der Waals surface area contributed by atoms with Gasteiger partial charge in [0.05, 0.1) is 0 Å². The number of aliphatic hydroxyl groups excluding tert-OH is 1. The number of hydrogen-bond acceptors (Lipinski definition) is 2. The summed E-state index contributed by atoms with van der Waals surface area (Å²) >= 11 is 0. The third kappa shape index (κ3) is 1.74. The fourth-order valence-corrected chi connectivity index (χ4v) is 1.78. The zero-order valence-electron chi connectivity index (χ0n) is 9.42. The number of benzene rings is 1. The highest BCUT2D eigenvalue weighted by Crippen LogP contribution is 2.28. The van der Waals surface area contributed by atoms with Crippen molar-refractivity contribution < 1.29 is 9.90 Å². The zero-order chi connectivity index (χ0) is 11.7. The molecule has 1 heterocycles. The smallest absolute Gasteiger partial charge is 0.231 e. The predicted molar refractivity (Wildman–Crippen MR) is 62.1 cm³/mol. The molecule has 0 radical (unpaired) electrons. The summed E-state index contributed by atoms with van der Waals surface area (Å²) in [4.78, 5) is 13.2. The maximum absolute atomic E-state index is 11.8. The molecule has 3 heteroatoms. The molecule has 16 heavy (non-hydrogen) atoms. The van der Waals surface area contributed by atoms with Crippen molar-refractivity contribution >= 4 is 12.0 Å². The molecule has 0 saturated carbocycles. The Morgan fingerprint density at radius 2 is 2.06 bits per heavy atom. The van der Waals surface area contributed by atoms with E-state index >= 15 is 0 Å². The van der Waals surface area contributed by atoms with E-state index in [1.54, 1.807) is 6.20 Å². The predicted octanol–water partition coefficient (Wildman–Crippen LogP) is 2.15. The molecule has 1 aromatic rings. The van der Waals surface area contributed by atoms with Crippen LogP contribution >= 0.6 is 0 Å². The van der Waals surface area contributed by atoms with E-state index in [-0.39, 0.29) is 11.8 Å². The van der Waals surface area contributed by atoms with Crippen molar-refractivity contribution in [3.05, 3.63) is 41.6 Å². The first-order valence-electron chi connectivity index (χ1n) is 5.38. The van der Waals surface area contributed by atoms with Crippen LogP contribution in [0.5, 0.6) is 0 Å². The summed E-state index contributed by atoms with van der Waals surface area (Å²) in [6, 6.07) is 7.53. The summed E-state index contributed by atoms with van der Waals surface area (Å²) in [6.45, 7) is 3.65. The van der Waals surface area contributed by atoms with Crippen molar-refractivity contribution in [1.29, 1.82) is 0 Å². The molecular weight excluding hydrogens is 202 g/mol. The highest BCUT2D eigenvalue weighted by molar-refractivity contribution is 5.81. The van der Waals surface area contributed by atoms with Crippen LogP contribution in [0.25, 0.3) is 6.08 Å². The summed E-state index contributed by atoms with van der Waals surface area (Å²) in [5, 5.41) is 10.1. The molecule has 0 aromatic heterocycles. The molecule has 0 bridgehead atoms. The zero-order valence-corrected chi connectivity index (χ0v) is 9.42. The van der Waals surface area contributed by atoms with Crippen molar-refractivity contribution in [3.8, 4) is 0 Å². The molecule has 2 rings (SSSR count). The Labute approximate surface area is 95.0 Å². The Hall–Kier alpha value is -1.61. The Morgan fingerprint density at radius 1 is 1.38 bits per heavy atom. The average molecular weight is 217 g/mol. The van der Waals surface area contributed by atoms with Crippen LogP contribution in [0.4, 0.5) is 0 Å². The molecule has 1 atom stereocenters. The Bertz CT molecular complexity index is 437. The molecule has 0 spiro atoms. The van der Waals surface area contributed by atoms with Gasteiger partial charge in [0, 0.05) is 17.7 Å². The number of nitrogens with zero attached hydrogens (tertiary/aromatic N) is 1. The lowest BCUT2D eigenvalue weighted by molar-refractivity contribution is -0.140. The first-order valence-corrected chi connectivity index (χ1v) is 5.38. The lowest BCUT2D eigenvalue weighted by Crippen LogP contribution is -2.35. The lowest BCUT2D eigenvalue weighted by atomic mass is 10.0. The normalized spacial score (nSPS) is 18.8. The topological polar surface area (TPSA) is 40.5 Å². The number of hydrogen-bond donors (Lipinski definition) is 1. The fraction of sp³-hybridized carbons (Fsp3) is 0.308. The van der Waals surface area contributed by atoms with Crippen molar-refractivity contribution in [2.24, 2.45) is 5.92 Å². The number of rotatable bonds is 1. The lowest BCUT2D eigenvalue weighted by Gasteiger charge is -2.30. The second-order valence-electron chi connectivity index (χ2n) is 4.22. The number of fused-ring (bicyclic) bond motifs is 1. The van der Waals surface area contributed by atoms with Crippen LogP contribution in [0, 0.1) is 5.92 Å². The molecule has 0 aliphatic carbocycles. The van der Waals surface area contributed by atoms with Crippen LogP contribution in [0.15, 0.2) is 30.5 Å². The van der Waals surface area contributed by atoms with E-state index in [9.17, 15) is 9.90 Å². The molecule has 1 amide bonds. The van der Waals surface area contributed by atoms with E-state index in [2.05, 4.69) is 0 Å². The second kappa shape index (κ2) is 4.10. The van der Waals surface area contributed by atoms with Crippen molar-refractivity contribution in [1.82, 2.24) is 4.90 Å². The van der Waals surface area contributed by atoms with Crippen molar-refractivity contribution in [3.63, 3.8) is 0 Å². The first-order chi connectivity index (χ1) is 7.61. The van der Waals surface area contributed by atoms with Crippen LogP contribution in [-0.2, 0) is 4.79 Å². The number of amides is 1. The quantitative estimate of drug-likeness (QED) is 0.783. The largest absolute Gasteiger partial charge is 0.369 e. The van der Waals surface area contributed by atoms with Crippen LogP contribution < -0.4 is 0 Å². The summed E-state index contributed by atoms with van der Waals surface area (Å²) < 4.78 is 0. The van der Waals surface area contributed by atoms with E-state index in [4.69, 9.17) is 0 Å². The molecule has 0 fully saturated rings. The van der Waals surface area contributed by atoms with Crippen LogP contribution in [0.1, 0.15) is 31.2 Å². The monoisotopic (exact) mass is 217 g/mol. The molecule has 3 nitrogen and oxygen atoms in total. The minimum absolute atomic E-state index is 0.0711. The van der Waals surface area contributed by atoms with E-state index in [0.29, 0.717) is 0 Å². The van der Waals surface area contributed by atoms with E-state index in [1.165, 1.54) is 4.90 Å². The standard InChI is InChI=1S/C13H15NO2/c1-9(2)12(15)14-8-7-10-5-3-4-6-11(10)13(14)16/h3-9,13,16H,1-2H3. The molecule has 1 unspecified atom stereocenters. The van der Waals surface area contributed by atoms with Crippen LogP contribution in [-0.4, -0.2) is 15.9 Å². The highest BCUT2D eigenvalue weighted by Gasteiger charge is 2.26. The van der Waals surface area contributed by atoms with Gasteiger partial charge in [0.1, 0.15) is 0 Å². The number of carbonyl (C=O) groups excluding carboxylic acids is 1. The third-order valence-electron chi connectivity index (χ3n) is 2.70. The Kier molecular flexibility index (Phi) is 2.79. The van der Waals surface area contributed by atoms with Crippen molar-refractivity contribution in [2.75, 3.05) is 0 Å². The third-order valence-corrected chi connectivity index (χ3v) is 2.70. The summed E-state index contributed by atoms with van der Waals surface area (Å²) in [6.07, 6.45) is 2.63. The van der Waals surface area contributed by atoms with Gasteiger partial charge >= 0.3 is 0 Å². The Balaban J connectivity index is 2.34. The molecule has 0 saturated heterocycles. The minimum atomic E-state index is -0.865. The van der Waals surface area contributed by atoms with E-state index in [0.717, 1.165) is 11.1 Å². The van der Waals surface area contributed by atoms with Gasteiger partial charge in [-0.25, -0.2) is 0 Å². The van der Waals surface area contributed by atoms with E-state index in [1.807, 2.05) is 44.2 Å². The van der Waals surface area contributed by atoms with E-state index < -0.39 is 6.23 Å². The van der Waals surface area contributed by atoms with Crippen molar-refractivity contribution in [2.45, 2.75) is 20.1 Å². The molecule has 1 aliphatic rings. The first kappa shape index (κ1) is 10.9. The van der Waals surface area contributed by atoms with Gasteiger partial charge in [0.15, 0.2) is 6.23 Å². The second-order valence-corrected chi connectivity index (χ2v) is 4.22. The molecule has 1 aromatic carbocycles. The maximum Gasteiger partial charge on any atom is 0.231 e. The summed E-state index contributed by atoms with van der Waals surface area (Å²) in [5.74, 6) is -0.192. The molecule has 1 N–H and O–H groups in total. The number of carbonyl (C=O) groups is 1. The highest BCUT2D eigenvalue weighted by atomic mass is 16.3. The van der Waals surface area contributed by atoms with Gasteiger partial charge in [0.25, 0.3) is 0 Å².